The summed E-state index contributed by atoms with van der Waals surface area (Å²) < 4.78 is 30.1. The molecule has 0 aliphatic rings. The lowest BCUT2D eigenvalue weighted by Crippen LogP contribution is -2.34. The van der Waals surface area contributed by atoms with E-state index < -0.39 is 13.0 Å². The van der Waals surface area contributed by atoms with E-state index in [2.05, 4.69) is 26.6 Å². The second kappa shape index (κ2) is 9.58. The first-order valence-corrected chi connectivity index (χ1v) is 8.56. The molecule has 2 N–H and O–H groups in total. The van der Waals surface area contributed by atoms with Crippen LogP contribution in [0.1, 0.15) is 11.1 Å². The summed E-state index contributed by atoms with van der Waals surface area (Å²) in [7, 11) is 0. The maximum atomic E-state index is 12.1. The van der Waals surface area contributed by atoms with Gasteiger partial charge in [-0.1, -0.05) is 45.7 Å². The number of halogens is 4. The van der Waals surface area contributed by atoms with Crippen molar-refractivity contribution < 1.29 is 18.3 Å². The molecule has 0 saturated carbocycles. The Morgan fingerprint density at radius 2 is 1.92 bits per heavy atom. The Balaban J connectivity index is 1.80. The van der Waals surface area contributed by atoms with Gasteiger partial charge in [0.1, 0.15) is 12.4 Å². The van der Waals surface area contributed by atoms with Crippen LogP contribution in [0.5, 0.6) is 5.75 Å². The molecule has 0 radical (unpaired) electrons. The second-order valence-corrected chi connectivity index (χ2v) is 6.44. The van der Waals surface area contributed by atoms with E-state index in [1.165, 1.54) is 0 Å². The van der Waals surface area contributed by atoms with Crippen molar-refractivity contribution in [3.63, 3.8) is 0 Å². The van der Waals surface area contributed by atoms with Crippen LogP contribution in [-0.4, -0.2) is 19.1 Å². The molecule has 0 unspecified atom stereocenters. The molecule has 2 rings (SSSR count). The molecule has 25 heavy (non-hydrogen) atoms. The van der Waals surface area contributed by atoms with Crippen LogP contribution >= 0.6 is 27.5 Å². The highest BCUT2D eigenvalue weighted by atomic mass is 79.9. The molecule has 0 aliphatic heterocycles. The molecule has 2 amide bonds. The Kier molecular flexibility index (Phi) is 7.46. The van der Waals surface area contributed by atoms with E-state index in [1.807, 2.05) is 12.1 Å². The number of alkyl halides is 2. The van der Waals surface area contributed by atoms with Gasteiger partial charge in [0.15, 0.2) is 0 Å². The smallest absolute Gasteiger partial charge is 0.315 e. The third-order valence-corrected chi connectivity index (χ3v) is 4.03. The van der Waals surface area contributed by atoms with Gasteiger partial charge in [-0.25, -0.2) is 13.6 Å². The lowest BCUT2D eigenvalue weighted by atomic mass is 10.2. The first-order valence-electron chi connectivity index (χ1n) is 7.39. The third kappa shape index (κ3) is 6.88. The lowest BCUT2D eigenvalue weighted by Gasteiger charge is -2.10. The van der Waals surface area contributed by atoms with Gasteiger partial charge >= 0.3 is 6.03 Å². The quantitative estimate of drug-likeness (QED) is 0.662. The molecule has 0 aromatic heterocycles. The fourth-order valence-corrected chi connectivity index (χ4v) is 2.73. The van der Waals surface area contributed by atoms with Crippen LogP contribution in [0.15, 0.2) is 46.9 Å². The molecule has 0 heterocycles. The van der Waals surface area contributed by atoms with Gasteiger partial charge in [-0.05, 0) is 35.4 Å². The Morgan fingerprint density at radius 1 is 1.16 bits per heavy atom. The van der Waals surface area contributed by atoms with Crippen molar-refractivity contribution >= 4 is 33.6 Å². The zero-order valence-electron chi connectivity index (χ0n) is 13.1. The van der Waals surface area contributed by atoms with E-state index in [0.717, 1.165) is 15.6 Å². The molecule has 2 aromatic rings. The standard InChI is InChI=1S/C17H16BrClF2N2O2/c18-13-5-4-12(15(19)7-13)9-23-17(24)22-8-11-2-1-3-14(6-11)25-10-16(20)21/h1-7,16H,8-10H2,(H2,22,23,24). The summed E-state index contributed by atoms with van der Waals surface area (Å²) in [5.41, 5.74) is 1.53. The third-order valence-electron chi connectivity index (χ3n) is 3.18. The summed E-state index contributed by atoms with van der Waals surface area (Å²) in [4.78, 5) is 11.9. The fraction of sp³-hybridized carbons (Fsp3) is 0.235. The van der Waals surface area contributed by atoms with Gasteiger partial charge in [0.2, 0.25) is 0 Å². The topological polar surface area (TPSA) is 50.4 Å². The number of hydrogen-bond donors (Lipinski definition) is 2. The van der Waals surface area contributed by atoms with E-state index in [1.54, 1.807) is 30.3 Å². The molecule has 0 saturated heterocycles. The van der Waals surface area contributed by atoms with E-state index >= 15 is 0 Å². The average molecular weight is 434 g/mol. The number of ether oxygens (including phenoxy) is 1. The molecular weight excluding hydrogens is 418 g/mol. The molecule has 2 aromatic carbocycles. The monoisotopic (exact) mass is 432 g/mol. The first-order chi connectivity index (χ1) is 11.9. The number of amides is 2. The number of rotatable bonds is 7. The van der Waals surface area contributed by atoms with Crippen LogP contribution in [0.4, 0.5) is 13.6 Å². The maximum absolute atomic E-state index is 12.1. The van der Waals surface area contributed by atoms with Crippen molar-refractivity contribution in [2.75, 3.05) is 6.61 Å². The molecule has 4 nitrogen and oxygen atoms in total. The van der Waals surface area contributed by atoms with E-state index in [-0.39, 0.29) is 19.1 Å². The number of urea groups is 1. The summed E-state index contributed by atoms with van der Waals surface area (Å²) in [6.45, 7) is -0.132. The minimum absolute atomic E-state index is 0.242. The first kappa shape index (κ1) is 19.5. The van der Waals surface area contributed by atoms with Crippen molar-refractivity contribution in [1.29, 1.82) is 0 Å². The molecule has 0 atom stereocenters. The van der Waals surface area contributed by atoms with Gasteiger partial charge in [-0.15, -0.1) is 0 Å². The predicted molar refractivity (Wildman–Crippen MR) is 96.2 cm³/mol. The Morgan fingerprint density at radius 3 is 2.64 bits per heavy atom. The van der Waals surface area contributed by atoms with Crippen LogP contribution in [0.25, 0.3) is 0 Å². The van der Waals surface area contributed by atoms with Gasteiger partial charge in [0.25, 0.3) is 6.43 Å². The normalized spacial score (nSPS) is 10.6. The van der Waals surface area contributed by atoms with Gasteiger partial charge in [0.05, 0.1) is 0 Å². The molecule has 134 valence electrons. The van der Waals surface area contributed by atoms with E-state index in [0.29, 0.717) is 10.8 Å². The van der Waals surface area contributed by atoms with Crippen LogP contribution in [-0.2, 0) is 13.1 Å². The minimum Gasteiger partial charge on any atom is -0.488 e. The van der Waals surface area contributed by atoms with E-state index in [4.69, 9.17) is 16.3 Å². The average Bonchev–Trinajstić information content (AvgIpc) is 2.58. The van der Waals surface area contributed by atoms with Crippen molar-refractivity contribution in [2.45, 2.75) is 19.5 Å². The van der Waals surface area contributed by atoms with Crippen molar-refractivity contribution in [3.8, 4) is 5.75 Å². The second-order valence-electron chi connectivity index (χ2n) is 5.12. The van der Waals surface area contributed by atoms with Crippen molar-refractivity contribution in [3.05, 3.63) is 63.1 Å². The van der Waals surface area contributed by atoms with Crippen LogP contribution in [0.2, 0.25) is 5.02 Å². The van der Waals surface area contributed by atoms with Gasteiger partial charge in [0, 0.05) is 22.6 Å². The van der Waals surface area contributed by atoms with Crippen LogP contribution in [0.3, 0.4) is 0 Å². The van der Waals surface area contributed by atoms with Crippen molar-refractivity contribution in [2.24, 2.45) is 0 Å². The molecule has 0 fully saturated rings. The number of hydrogen-bond acceptors (Lipinski definition) is 2. The number of carbonyl (C=O) groups is 1. The van der Waals surface area contributed by atoms with Gasteiger partial charge in [-0.2, -0.15) is 0 Å². The summed E-state index contributed by atoms with van der Waals surface area (Å²) >= 11 is 9.40. The highest BCUT2D eigenvalue weighted by molar-refractivity contribution is 9.10. The summed E-state index contributed by atoms with van der Waals surface area (Å²) in [6.07, 6.45) is -2.53. The number of carbonyl (C=O) groups excluding carboxylic acids is 1. The van der Waals surface area contributed by atoms with Crippen LogP contribution in [0, 0.1) is 0 Å². The zero-order chi connectivity index (χ0) is 18.2. The SMILES string of the molecule is O=C(NCc1cccc(OCC(F)F)c1)NCc1ccc(Br)cc1Cl. The Bertz CT molecular complexity index is 732. The predicted octanol–water partition coefficient (Wildman–Crippen LogP) is 4.75. The number of benzene rings is 2. The van der Waals surface area contributed by atoms with Gasteiger partial charge in [-0.3, -0.25) is 0 Å². The van der Waals surface area contributed by atoms with Crippen molar-refractivity contribution in [1.82, 2.24) is 10.6 Å². The summed E-state index contributed by atoms with van der Waals surface area (Å²) in [5, 5.41) is 5.94. The highest BCUT2D eigenvalue weighted by Gasteiger charge is 2.06. The van der Waals surface area contributed by atoms with E-state index in [9.17, 15) is 13.6 Å². The maximum Gasteiger partial charge on any atom is 0.315 e. The highest BCUT2D eigenvalue weighted by Crippen LogP contribution is 2.21. The molecular formula is C17H16BrClF2N2O2. The molecule has 0 aliphatic carbocycles. The number of nitrogens with one attached hydrogen (secondary N) is 2. The lowest BCUT2D eigenvalue weighted by molar-refractivity contribution is 0.0818. The summed E-state index contributed by atoms with van der Waals surface area (Å²) in [5.74, 6) is 0.335. The minimum atomic E-state index is -2.53. The molecule has 8 heteroatoms. The zero-order valence-corrected chi connectivity index (χ0v) is 15.4. The molecule has 0 spiro atoms. The Labute approximate surface area is 157 Å². The fourth-order valence-electron chi connectivity index (χ4n) is 1.99. The summed E-state index contributed by atoms with van der Waals surface area (Å²) in [6, 6.07) is 11.7. The Hall–Kier alpha value is -1.86. The largest absolute Gasteiger partial charge is 0.488 e. The van der Waals surface area contributed by atoms with Gasteiger partial charge < -0.3 is 15.4 Å². The van der Waals surface area contributed by atoms with Crippen LogP contribution < -0.4 is 15.4 Å². The molecule has 0 bridgehead atoms.